The Labute approximate surface area is 123 Å². The molecule has 4 nitrogen and oxygen atoms in total. The zero-order valence-corrected chi connectivity index (χ0v) is 12.8. The molecule has 0 aromatic rings. The number of alkyl halides is 3. The predicted molar refractivity (Wildman–Crippen MR) is 73.9 cm³/mol. The minimum atomic E-state index is -4.30. The van der Waals surface area contributed by atoms with Crippen molar-refractivity contribution < 1.29 is 22.7 Å². The molecule has 2 unspecified atom stereocenters. The molecule has 0 bridgehead atoms. The molecule has 1 aliphatic rings. The summed E-state index contributed by atoms with van der Waals surface area (Å²) in [4.78, 5) is 11.8. The van der Waals surface area contributed by atoms with Gasteiger partial charge in [-0.25, -0.2) is 0 Å². The van der Waals surface area contributed by atoms with E-state index in [-0.39, 0.29) is 24.0 Å². The Bertz CT molecular complexity index is 340. The molecule has 1 aliphatic carbocycles. The van der Waals surface area contributed by atoms with Crippen LogP contribution in [0.2, 0.25) is 0 Å². The van der Waals surface area contributed by atoms with Crippen molar-refractivity contribution in [2.45, 2.75) is 70.3 Å². The second kappa shape index (κ2) is 7.45. The lowest BCUT2D eigenvalue weighted by Crippen LogP contribution is -2.47. The van der Waals surface area contributed by atoms with Gasteiger partial charge in [-0.05, 0) is 46.5 Å². The van der Waals surface area contributed by atoms with Crippen LogP contribution in [0.1, 0.15) is 46.5 Å². The van der Waals surface area contributed by atoms with Crippen LogP contribution in [0.15, 0.2) is 0 Å². The largest absolute Gasteiger partial charge is 0.411 e. The van der Waals surface area contributed by atoms with Gasteiger partial charge in [0, 0.05) is 11.6 Å². The van der Waals surface area contributed by atoms with Gasteiger partial charge in [0.05, 0.1) is 12.6 Å². The Morgan fingerprint density at radius 1 is 1.24 bits per heavy atom. The maximum Gasteiger partial charge on any atom is 0.411 e. The fraction of sp³-hybridized carbons (Fsp3) is 0.929. The van der Waals surface area contributed by atoms with Crippen LogP contribution < -0.4 is 10.6 Å². The summed E-state index contributed by atoms with van der Waals surface area (Å²) >= 11 is 0. The molecular formula is C14H25F3N2O2. The quantitative estimate of drug-likeness (QED) is 0.820. The summed E-state index contributed by atoms with van der Waals surface area (Å²) in [6.07, 6.45) is -2.12. The molecule has 1 fully saturated rings. The number of nitrogens with one attached hydrogen (secondary N) is 2. The third-order valence-electron chi connectivity index (χ3n) is 3.25. The molecule has 0 aromatic heterocycles. The number of halogens is 3. The van der Waals surface area contributed by atoms with E-state index >= 15 is 0 Å². The molecule has 1 amide bonds. The summed E-state index contributed by atoms with van der Waals surface area (Å²) < 4.78 is 41.3. The van der Waals surface area contributed by atoms with E-state index in [1.807, 2.05) is 20.8 Å². The normalized spacial score (nSPS) is 23.9. The monoisotopic (exact) mass is 310 g/mol. The van der Waals surface area contributed by atoms with Crippen molar-refractivity contribution in [2.24, 2.45) is 0 Å². The Morgan fingerprint density at radius 3 is 2.48 bits per heavy atom. The molecule has 0 heterocycles. The van der Waals surface area contributed by atoms with Gasteiger partial charge in [-0.15, -0.1) is 0 Å². The molecule has 2 atom stereocenters. The standard InChI is InChI=1S/C14H25F3N2O2/c1-13(2,3)18-8-12(20)19-10-5-4-6-11(7-10)21-9-14(15,16)17/h10-11,18H,4-9H2,1-3H3,(H,19,20). The van der Waals surface area contributed by atoms with Crippen molar-refractivity contribution in [1.82, 2.24) is 10.6 Å². The number of ether oxygens (including phenoxy) is 1. The first-order valence-corrected chi connectivity index (χ1v) is 7.28. The average Bonchev–Trinajstić information content (AvgIpc) is 2.33. The topological polar surface area (TPSA) is 50.4 Å². The summed E-state index contributed by atoms with van der Waals surface area (Å²) in [5.74, 6) is -0.133. The number of hydrogen-bond donors (Lipinski definition) is 2. The SMILES string of the molecule is CC(C)(C)NCC(=O)NC1CCCC(OCC(F)(F)F)C1. The van der Waals surface area contributed by atoms with E-state index in [2.05, 4.69) is 10.6 Å². The number of carbonyl (C=O) groups excluding carboxylic acids is 1. The highest BCUT2D eigenvalue weighted by Crippen LogP contribution is 2.24. The van der Waals surface area contributed by atoms with Gasteiger partial charge in [0.25, 0.3) is 0 Å². The van der Waals surface area contributed by atoms with E-state index in [0.29, 0.717) is 12.8 Å². The fourth-order valence-electron chi connectivity index (χ4n) is 2.26. The summed E-state index contributed by atoms with van der Waals surface area (Å²) in [5, 5.41) is 5.93. The van der Waals surface area contributed by atoms with Crippen LogP contribution in [0.4, 0.5) is 13.2 Å². The lowest BCUT2D eigenvalue weighted by Gasteiger charge is -2.30. The Hall–Kier alpha value is -0.820. The van der Waals surface area contributed by atoms with Gasteiger partial charge in [0.15, 0.2) is 0 Å². The van der Waals surface area contributed by atoms with Gasteiger partial charge in [0.2, 0.25) is 5.91 Å². The Kier molecular flexibility index (Phi) is 6.46. The third kappa shape index (κ3) is 8.93. The lowest BCUT2D eigenvalue weighted by molar-refractivity contribution is -0.188. The molecular weight excluding hydrogens is 285 g/mol. The van der Waals surface area contributed by atoms with Crippen molar-refractivity contribution in [3.63, 3.8) is 0 Å². The van der Waals surface area contributed by atoms with Gasteiger partial charge in [-0.2, -0.15) is 13.2 Å². The van der Waals surface area contributed by atoms with Crippen molar-refractivity contribution in [3.8, 4) is 0 Å². The van der Waals surface area contributed by atoms with Crippen LogP contribution in [0.3, 0.4) is 0 Å². The van der Waals surface area contributed by atoms with Crippen molar-refractivity contribution >= 4 is 5.91 Å². The van der Waals surface area contributed by atoms with Crippen LogP contribution in [-0.2, 0) is 9.53 Å². The molecule has 124 valence electrons. The smallest absolute Gasteiger partial charge is 0.369 e. The first-order chi connectivity index (χ1) is 9.55. The van der Waals surface area contributed by atoms with Gasteiger partial charge < -0.3 is 15.4 Å². The van der Waals surface area contributed by atoms with Crippen molar-refractivity contribution in [2.75, 3.05) is 13.2 Å². The van der Waals surface area contributed by atoms with E-state index in [9.17, 15) is 18.0 Å². The molecule has 7 heteroatoms. The minimum absolute atomic E-state index is 0.105. The molecule has 0 saturated heterocycles. The summed E-state index contributed by atoms with van der Waals surface area (Å²) in [6.45, 7) is 4.86. The molecule has 1 rings (SSSR count). The second-order valence-electron chi connectivity index (χ2n) is 6.58. The van der Waals surface area contributed by atoms with Crippen LogP contribution in [0.25, 0.3) is 0 Å². The summed E-state index contributed by atoms with van der Waals surface area (Å²) in [5.41, 5.74) is -0.151. The van der Waals surface area contributed by atoms with Crippen molar-refractivity contribution in [1.29, 1.82) is 0 Å². The van der Waals surface area contributed by atoms with E-state index in [1.165, 1.54) is 0 Å². The number of amides is 1. The highest BCUT2D eigenvalue weighted by Gasteiger charge is 2.31. The van der Waals surface area contributed by atoms with Gasteiger partial charge >= 0.3 is 6.18 Å². The van der Waals surface area contributed by atoms with Crippen LogP contribution in [0, 0.1) is 0 Å². The number of rotatable bonds is 5. The van der Waals surface area contributed by atoms with Crippen LogP contribution in [-0.4, -0.2) is 42.9 Å². The first-order valence-electron chi connectivity index (χ1n) is 7.28. The molecule has 0 radical (unpaired) electrons. The molecule has 2 N–H and O–H groups in total. The molecule has 1 saturated carbocycles. The number of carbonyl (C=O) groups is 1. The van der Waals surface area contributed by atoms with Gasteiger partial charge in [0.1, 0.15) is 6.61 Å². The molecule has 21 heavy (non-hydrogen) atoms. The van der Waals surface area contributed by atoms with Gasteiger partial charge in [-0.1, -0.05) is 0 Å². The Morgan fingerprint density at radius 2 is 1.90 bits per heavy atom. The zero-order chi connectivity index (χ0) is 16.1. The van der Waals surface area contributed by atoms with Crippen molar-refractivity contribution in [3.05, 3.63) is 0 Å². The third-order valence-corrected chi connectivity index (χ3v) is 3.25. The second-order valence-corrected chi connectivity index (χ2v) is 6.58. The Balaban J connectivity index is 2.30. The maximum absolute atomic E-state index is 12.1. The predicted octanol–water partition coefficient (Wildman–Crippen LogP) is 2.38. The van der Waals surface area contributed by atoms with Crippen LogP contribution >= 0.6 is 0 Å². The number of hydrogen-bond acceptors (Lipinski definition) is 3. The van der Waals surface area contributed by atoms with Crippen LogP contribution in [0.5, 0.6) is 0 Å². The van der Waals surface area contributed by atoms with Gasteiger partial charge in [-0.3, -0.25) is 4.79 Å². The lowest BCUT2D eigenvalue weighted by atomic mass is 9.93. The van der Waals surface area contributed by atoms with E-state index in [0.717, 1.165) is 12.8 Å². The van der Waals surface area contributed by atoms with E-state index < -0.39 is 18.9 Å². The highest BCUT2D eigenvalue weighted by molar-refractivity contribution is 5.78. The fourth-order valence-corrected chi connectivity index (χ4v) is 2.26. The zero-order valence-electron chi connectivity index (χ0n) is 12.8. The van der Waals surface area contributed by atoms with E-state index in [1.54, 1.807) is 0 Å². The van der Waals surface area contributed by atoms with E-state index in [4.69, 9.17) is 4.74 Å². The first kappa shape index (κ1) is 18.2. The summed E-state index contributed by atoms with van der Waals surface area (Å²) in [7, 11) is 0. The molecule has 0 spiro atoms. The minimum Gasteiger partial charge on any atom is -0.369 e. The average molecular weight is 310 g/mol. The molecule has 0 aliphatic heterocycles. The highest BCUT2D eigenvalue weighted by atomic mass is 19.4. The maximum atomic E-state index is 12.1. The molecule has 0 aromatic carbocycles. The summed E-state index contributed by atoms with van der Waals surface area (Å²) in [6, 6.07) is -0.105.